The fourth-order valence-electron chi connectivity index (χ4n) is 1.84. The molecule has 0 spiro atoms. The Morgan fingerprint density at radius 2 is 1.46 bits per heavy atom. The molecule has 0 saturated carbocycles. The highest BCUT2D eigenvalue weighted by molar-refractivity contribution is 5.92. The molecule has 24 heavy (non-hydrogen) atoms. The van der Waals surface area contributed by atoms with Crippen molar-refractivity contribution in [3.8, 4) is 0 Å². The number of nitrogens with one attached hydrogen (secondary N) is 2. The van der Waals surface area contributed by atoms with Crippen molar-refractivity contribution < 1.29 is 34.5 Å². The zero-order valence-corrected chi connectivity index (χ0v) is 13.9. The zero-order valence-electron chi connectivity index (χ0n) is 13.9. The first-order valence-corrected chi connectivity index (χ1v) is 7.46. The lowest BCUT2D eigenvalue weighted by atomic mass is 10.0. The summed E-state index contributed by atoms with van der Waals surface area (Å²) < 4.78 is 0. The van der Waals surface area contributed by atoms with E-state index in [2.05, 4.69) is 10.6 Å². The van der Waals surface area contributed by atoms with Crippen LogP contribution in [0.1, 0.15) is 33.6 Å². The van der Waals surface area contributed by atoms with Crippen LogP contribution >= 0.6 is 0 Å². The third kappa shape index (κ3) is 7.38. The largest absolute Gasteiger partial charge is 0.481 e. The van der Waals surface area contributed by atoms with Crippen LogP contribution < -0.4 is 16.4 Å². The summed E-state index contributed by atoms with van der Waals surface area (Å²) in [5.41, 5.74) is 5.57. The van der Waals surface area contributed by atoms with Gasteiger partial charge in [-0.2, -0.15) is 0 Å². The summed E-state index contributed by atoms with van der Waals surface area (Å²) in [7, 11) is 0. The molecular weight excluding hydrogens is 322 g/mol. The summed E-state index contributed by atoms with van der Waals surface area (Å²) in [4.78, 5) is 45.6. The Kier molecular flexibility index (Phi) is 8.93. The number of nitrogens with two attached hydrogens (primary N) is 1. The van der Waals surface area contributed by atoms with Gasteiger partial charge in [0.1, 0.15) is 6.04 Å². The van der Waals surface area contributed by atoms with Crippen molar-refractivity contribution in [2.75, 3.05) is 0 Å². The van der Waals surface area contributed by atoms with Crippen molar-refractivity contribution in [3.05, 3.63) is 0 Å². The van der Waals surface area contributed by atoms with Gasteiger partial charge >= 0.3 is 11.9 Å². The van der Waals surface area contributed by atoms with Gasteiger partial charge in [-0.15, -0.1) is 0 Å². The van der Waals surface area contributed by atoms with Gasteiger partial charge in [0, 0.05) is 6.42 Å². The van der Waals surface area contributed by atoms with Crippen LogP contribution in [0.3, 0.4) is 0 Å². The quantitative estimate of drug-likeness (QED) is 0.270. The predicted octanol–water partition coefficient (Wildman–Crippen LogP) is -1.73. The molecule has 0 heterocycles. The summed E-state index contributed by atoms with van der Waals surface area (Å²) in [6, 6.07) is -3.70. The molecule has 0 aromatic carbocycles. The minimum Gasteiger partial charge on any atom is -0.481 e. The van der Waals surface area contributed by atoms with Gasteiger partial charge in [-0.25, -0.2) is 4.79 Å². The fourth-order valence-corrected chi connectivity index (χ4v) is 1.84. The van der Waals surface area contributed by atoms with E-state index in [0.29, 0.717) is 0 Å². The summed E-state index contributed by atoms with van der Waals surface area (Å²) in [6.07, 6.45) is -1.72. The van der Waals surface area contributed by atoms with Crippen molar-refractivity contribution in [2.45, 2.75) is 57.8 Å². The van der Waals surface area contributed by atoms with E-state index in [4.69, 9.17) is 15.9 Å². The van der Waals surface area contributed by atoms with Crippen molar-refractivity contribution in [3.63, 3.8) is 0 Å². The molecule has 0 fully saturated rings. The highest BCUT2D eigenvalue weighted by Gasteiger charge is 2.31. The van der Waals surface area contributed by atoms with E-state index < -0.39 is 48.0 Å². The summed E-state index contributed by atoms with van der Waals surface area (Å²) >= 11 is 0. The molecule has 0 aromatic rings. The smallest absolute Gasteiger partial charge is 0.328 e. The highest BCUT2D eigenvalue weighted by Crippen LogP contribution is 2.05. The van der Waals surface area contributed by atoms with Gasteiger partial charge < -0.3 is 31.7 Å². The maximum absolute atomic E-state index is 12.2. The number of rotatable bonds is 10. The van der Waals surface area contributed by atoms with Crippen LogP contribution in [0.4, 0.5) is 0 Å². The van der Waals surface area contributed by atoms with Gasteiger partial charge in [-0.3, -0.25) is 14.4 Å². The minimum atomic E-state index is -1.52. The van der Waals surface area contributed by atoms with Gasteiger partial charge in [-0.1, -0.05) is 13.8 Å². The first kappa shape index (κ1) is 21.8. The van der Waals surface area contributed by atoms with Crippen molar-refractivity contribution >= 4 is 23.8 Å². The first-order valence-electron chi connectivity index (χ1n) is 7.46. The first-order chi connectivity index (χ1) is 11.0. The molecule has 0 bridgehead atoms. The maximum atomic E-state index is 12.2. The Labute approximate surface area is 139 Å². The van der Waals surface area contributed by atoms with Crippen LogP contribution in [0.2, 0.25) is 0 Å². The molecule has 0 radical (unpaired) electrons. The molecule has 0 rings (SSSR count). The molecule has 0 aliphatic carbocycles. The summed E-state index contributed by atoms with van der Waals surface area (Å²) in [5.74, 6) is -4.39. The van der Waals surface area contributed by atoms with Crippen molar-refractivity contribution in [1.82, 2.24) is 10.6 Å². The lowest BCUT2D eigenvalue weighted by Gasteiger charge is -2.26. The molecule has 7 N–H and O–H groups in total. The van der Waals surface area contributed by atoms with Crippen LogP contribution in [-0.2, 0) is 19.2 Å². The predicted molar refractivity (Wildman–Crippen MR) is 82.9 cm³/mol. The van der Waals surface area contributed by atoms with E-state index in [1.807, 2.05) is 0 Å². The molecule has 0 aliphatic rings. The topological polar surface area (TPSA) is 179 Å². The molecular formula is C14H25N3O7. The second-order valence-electron chi connectivity index (χ2n) is 5.83. The molecule has 10 heteroatoms. The summed E-state index contributed by atoms with van der Waals surface area (Å²) in [6.45, 7) is 4.47. The van der Waals surface area contributed by atoms with E-state index in [0.717, 1.165) is 0 Å². The lowest BCUT2D eigenvalue weighted by Crippen LogP contribution is -2.58. The molecule has 0 saturated heterocycles. The van der Waals surface area contributed by atoms with Crippen molar-refractivity contribution in [1.29, 1.82) is 0 Å². The van der Waals surface area contributed by atoms with Crippen LogP contribution in [0.25, 0.3) is 0 Å². The minimum absolute atomic E-state index is 0.0982. The Balaban J connectivity index is 4.90. The fraction of sp³-hybridized carbons (Fsp3) is 0.714. The second kappa shape index (κ2) is 9.83. The number of aliphatic carboxylic acids is 2. The van der Waals surface area contributed by atoms with E-state index >= 15 is 0 Å². The Morgan fingerprint density at radius 1 is 0.958 bits per heavy atom. The standard InChI is InChI=1S/C14H25N3O7/c1-6(2)10(13(22)17-11(7(3)18)14(23)24)16-12(21)8(15)4-5-9(19)20/h6-8,10-11,18H,4-5,15H2,1-3H3,(H,16,21)(H,17,22)(H,19,20)(H,23,24)/t7-,8+,10+,11+/m1/s1. The van der Waals surface area contributed by atoms with Gasteiger partial charge in [0.15, 0.2) is 6.04 Å². The number of carboxylic acid groups (broad SMARTS) is 2. The van der Waals surface area contributed by atoms with Gasteiger partial charge in [-0.05, 0) is 19.3 Å². The van der Waals surface area contributed by atoms with Gasteiger partial charge in [0.2, 0.25) is 11.8 Å². The van der Waals surface area contributed by atoms with E-state index in [1.165, 1.54) is 6.92 Å². The van der Waals surface area contributed by atoms with E-state index in [1.54, 1.807) is 13.8 Å². The lowest BCUT2D eigenvalue weighted by molar-refractivity contribution is -0.145. The SMILES string of the molecule is CC(C)[C@H](NC(=O)[C@@H](N)CCC(=O)O)C(=O)N[C@H](C(=O)O)[C@@H](C)O. The van der Waals surface area contributed by atoms with Gasteiger partial charge in [0.25, 0.3) is 0 Å². The average molecular weight is 347 g/mol. The monoisotopic (exact) mass is 347 g/mol. The van der Waals surface area contributed by atoms with E-state index in [-0.39, 0.29) is 18.8 Å². The number of carbonyl (C=O) groups is 4. The van der Waals surface area contributed by atoms with Crippen LogP contribution in [-0.4, -0.2) is 63.3 Å². The number of aliphatic hydroxyl groups is 1. The average Bonchev–Trinajstić information content (AvgIpc) is 2.45. The number of hydrogen-bond acceptors (Lipinski definition) is 6. The third-order valence-corrected chi connectivity index (χ3v) is 3.30. The molecule has 0 aromatic heterocycles. The molecule has 4 atom stereocenters. The summed E-state index contributed by atoms with van der Waals surface area (Å²) in [5, 5.41) is 31.5. The van der Waals surface area contributed by atoms with Crippen LogP contribution in [0.5, 0.6) is 0 Å². The Morgan fingerprint density at radius 3 is 1.83 bits per heavy atom. The number of carbonyl (C=O) groups excluding carboxylic acids is 2. The number of aliphatic hydroxyl groups excluding tert-OH is 1. The maximum Gasteiger partial charge on any atom is 0.328 e. The highest BCUT2D eigenvalue weighted by atomic mass is 16.4. The number of carboxylic acids is 2. The zero-order chi connectivity index (χ0) is 19.0. The molecule has 0 aliphatic heterocycles. The number of amides is 2. The Bertz CT molecular complexity index is 479. The molecule has 2 amide bonds. The second-order valence-corrected chi connectivity index (χ2v) is 5.83. The molecule has 138 valence electrons. The Hall–Kier alpha value is -2.20. The third-order valence-electron chi connectivity index (χ3n) is 3.30. The number of hydrogen-bond donors (Lipinski definition) is 6. The normalized spacial score (nSPS) is 15.9. The van der Waals surface area contributed by atoms with Crippen molar-refractivity contribution in [2.24, 2.45) is 11.7 Å². The molecule has 0 unspecified atom stereocenters. The van der Waals surface area contributed by atoms with Crippen LogP contribution in [0, 0.1) is 5.92 Å². The van der Waals surface area contributed by atoms with Gasteiger partial charge in [0.05, 0.1) is 12.1 Å². The van der Waals surface area contributed by atoms with E-state index in [9.17, 15) is 24.3 Å². The molecule has 10 nitrogen and oxygen atoms in total. The van der Waals surface area contributed by atoms with Crippen LogP contribution in [0.15, 0.2) is 0 Å².